The summed E-state index contributed by atoms with van der Waals surface area (Å²) >= 11 is 5.90. The summed E-state index contributed by atoms with van der Waals surface area (Å²) in [5.41, 5.74) is 0.0700. The molecule has 22 heavy (non-hydrogen) atoms. The first-order valence-corrected chi connectivity index (χ1v) is 8.03. The molecule has 0 bridgehead atoms. The van der Waals surface area contributed by atoms with Crippen molar-refractivity contribution < 1.29 is 22.7 Å². The van der Waals surface area contributed by atoms with Gasteiger partial charge in [0.25, 0.3) is 5.91 Å². The van der Waals surface area contributed by atoms with E-state index < -0.39 is 27.9 Å². The van der Waals surface area contributed by atoms with E-state index in [1.165, 1.54) is 40.3 Å². The van der Waals surface area contributed by atoms with E-state index >= 15 is 0 Å². The van der Waals surface area contributed by atoms with Crippen molar-refractivity contribution in [3.63, 3.8) is 0 Å². The molecule has 0 saturated carbocycles. The topological polar surface area (TPSA) is 92.8 Å². The van der Waals surface area contributed by atoms with Gasteiger partial charge in [-0.15, -0.1) is 0 Å². The number of carbonyl (C=O) groups is 2. The highest BCUT2D eigenvalue weighted by atomic mass is 35.5. The van der Waals surface area contributed by atoms with Crippen LogP contribution in [0, 0.1) is 0 Å². The number of nitrogens with one attached hydrogen (secondary N) is 1. The number of hydrogen-bond acceptors (Lipinski definition) is 5. The van der Waals surface area contributed by atoms with E-state index in [1.807, 2.05) is 0 Å². The van der Waals surface area contributed by atoms with Gasteiger partial charge in [-0.05, 0) is 25.1 Å². The SMILES string of the molecule is COC(=O)[C@@H](C)NC(=O)c1ccc(Cl)c(S(=O)(=O)N(C)C)c1. The van der Waals surface area contributed by atoms with Crippen LogP contribution >= 0.6 is 11.6 Å². The van der Waals surface area contributed by atoms with Crippen LogP contribution < -0.4 is 5.32 Å². The number of esters is 1. The first kappa shape index (κ1) is 18.4. The number of amides is 1. The number of sulfonamides is 1. The molecule has 1 amide bonds. The van der Waals surface area contributed by atoms with Crippen LogP contribution in [0.4, 0.5) is 0 Å². The van der Waals surface area contributed by atoms with Gasteiger partial charge < -0.3 is 10.1 Å². The van der Waals surface area contributed by atoms with Crippen molar-refractivity contribution in [2.24, 2.45) is 0 Å². The minimum atomic E-state index is -3.78. The van der Waals surface area contributed by atoms with Gasteiger partial charge >= 0.3 is 5.97 Å². The van der Waals surface area contributed by atoms with Gasteiger partial charge in [0.05, 0.1) is 12.1 Å². The van der Waals surface area contributed by atoms with Crippen LogP contribution in [-0.2, 0) is 19.6 Å². The van der Waals surface area contributed by atoms with Gasteiger partial charge in [-0.3, -0.25) is 4.79 Å². The van der Waals surface area contributed by atoms with E-state index in [4.69, 9.17) is 11.6 Å². The standard InChI is InChI=1S/C13H17ClN2O5S/c1-8(13(18)21-4)15-12(17)9-5-6-10(14)11(7-9)22(19,20)16(2)3/h5-8H,1-4H3,(H,15,17)/t8-/m1/s1. The maximum Gasteiger partial charge on any atom is 0.328 e. The zero-order chi connectivity index (χ0) is 17.1. The molecular formula is C13H17ClN2O5S. The van der Waals surface area contributed by atoms with Crippen molar-refractivity contribution >= 4 is 33.5 Å². The van der Waals surface area contributed by atoms with Crippen LogP contribution in [-0.4, -0.2) is 51.8 Å². The molecule has 1 rings (SSSR count). The molecule has 0 unspecified atom stereocenters. The van der Waals surface area contributed by atoms with Crippen LogP contribution in [0.3, 0.4) is 0 Å². The van der Waals surface area contributed by atoms with E-state index in [-0.39, 0.29) is 15.5 Å². The Morgan fingerprint density at radius 1 is 1.32 bits per heavy atom. The Morgan fingerprint density at radius 2 is 1.91 bits per heavy atom. The van der Waals surface area contributed by atoms with Gasteiger partial charge in [-0.1, -0.05) is 11.6 Å². The number of ether oxygens (including phenoxy) is 1. The van der Waals surface area contributed by atoms with Crippen molar-refractivity contribution in [3.8, 4) is 0 Å². The predicted molar refractivity (Wildman–Crippen MR) is 81.3 cm³/mol. The smallest absolute Gasteiger partial charge is 0.328 e. The van der Waals surface area contributed by atoms with E-state index in [0.717, 1.165) is 10.4 Å². The van der Waals surface area contributed by atoms with Crippen LogP contribution in [0.25, 0.3) is 0 Å². The molecular weight excluding hydrogens is 332 g/mol. The minimum Gasteiger partial charge on any atom is -0.467 e. The molecule has 1 atom stereocenters. The molecule has 122 valence electrons. The van der Waals surface area contributed by atoms with Crippen LogP contribution in [0.2, 0.25) is 5.02 Å². The number of nitrogens with zero attached hydrogens (tertiary/aromatic N) is 1. The number of hydrogen-bond donors (Lipinski definition) is 1. The molecule has 0 spiro atoms. The van der Waals surface area contributed by atoms with E-state index in [2.05, 4.69) is 10.1 Å². The van der Waals surface area contributed by atoms with Crippen LogP contribution in [0.15, 0.2) is 23.1 Å². The maximum absolute atomic E-state index is 12.1. The number of carbonyl (C=O) groups excluding carboxylic acids is 2. The van der Waals surface area contributed by atoms with E-state index in [0.29, 0.717) is 0 Å². The van der Waals surface area contributed by atoms with Gasteiger partial charge in [0.15, 0.2) is 0 Å². The summed E-state index contributed by atoms with van der Waals surface area (Å²) in [5, 5.41) is 2.42. The molecule has 7 nitrogen and oxygen atoms in total. The van der Waals surface area contributed by atoms with Crippen molar-refractivity contribution in [2.45, 2.75) is 17.9 Å². The number of methoxy groups -OCH3 is 1. The Labute approximate surface area is 134 Å². The molecule has 0 fully saturated rings. The molecule has 0 aromatic heterocycles. The largest absolute Gasteiger partial charge is 0.467 e. The summed E-state index contributed by atoms with van der Waals surface area (Å²) in [4.78, 5) is 23.2. The number of benzene rings is 1. The number of rotatable bonds is 5. The van der Waals surface area contributed by atoms with Gasteiger partial charge in [0, 0.05) is 19.7 Å². The molecule has 1 N–H and O–H groups in total. The van der Waals surface area contributed by atoms with Crippen molar-refractivity contribution in [3.05, 3.63) is 28.8 Å². The maximum atomic E-state index is 12.1. The van der Waals surface area contributed by atoms with E-state index in [1.54, 1.807) is 0 Å². The minimum absolute atomic E-state index is 0.00580. The predicted octanol–water partition coefficient (Wildman–Crippen LogP) is 0.882. The normalized spacial score (nSPS) is 12.8. The Bertz CT molecular complexity index is 688. The molecule has 0 aliphatic rings. The Kier molecular flexibility index (Phi) is 5.92. The van der Waals surface area contributed by atoms with Crippen LogP contribution in [0.1, 0.15) is 17.3 Å². The molecule has 0 aliphatic heterocycles. The number of halogens is 1. The fourth-order valence-electron chi connectivity index (χ4n) is 1.55. The van der Waals surface area contributed by atoms with Crippen LogP contribution in [0.5, 0.6) is 0 Å². The second-order valence-corrected chi connectivity index (χ2v) is 7.18. The summed E-state index contributed by atoms with van der Waals surface area (Å²) in [6.45, 7) is 1.46. The molecule has 1 aromatic carbocycles. The second-order valence-electron chi connectivity index (χ2n) is 4.65. The molecule has 1 aromatic rings. The second kappa shape index (κ2) is 7.08. The Hall–Kier alpha value is -1.64. The fraction of sp³-hybridized carbons (Fsp3) is 0.385. The molecule has 0 radical (unpaired) electrons. The Morgan fingerprint density at radius 3 is 2.41 bits per heavy atom. The quantitative estimate of drug-likeness (QED) is 0.797. The average molecular weight is 349 g/mol. The highest BCUT2D eigenvalue weighted by Gasteiger charge is 2.23. The fourth-order valence-corrected chi connectivity index (χ4v) is 2.95. The summed E-state index contributed by atoms with van der Waals surface area (Å²) < 4.78 is 29.8. The molecule has 0 aliphatic carbocycles. The lowest BCUT2D eigenvalue weighted by atomic mass is 10.2. The summed E-state index contributed by atoms with van der Waals surface area (Å²) in [6, 6.07) is 2.99. The summed E-state index contributed by atoms with van der Waals surface area (Å²) in [6.07, 6.45) is 0. The zero-order valence-electron chi connectivity index (χ0n) is 12.6. The van der Waals surface area contributed by atoms with Gasteiger partial charge in [0.1, 0.15) is 10.9 Å². The average Bonchev–Trinajstić information content (AvgIpc) is 2.46. The highest BCUT2D eigenvalue weighted by Crippen LogP contribution is 2.24. The van der Waals surface area contributed by atoms with Gasteiger partial charge in [-0.2, -0.15) is 0 Å². The highest BCUT2D eigenvalue weighted by molar-refractivity contribution is 7.89. The van der Waals surface area contributed by atoms with Gasteiger partial charge in [0.2, 0.25) is 10.0 Å². The van der Waals surface area contributed by atoms with Crippen molar-refractivity contribution in [1.29, 1.82) is 0 Å². The molecule has 0 saturated heterocycles. The van der Waals surface area contributed by atoms with Gasteiger partial charge in [-0.25, -0.2) is 17.5 Å². The zero-order valence-corrected chi connectivity index (χ0v) is 14.2. The third-order valence-corrected chi connectivity index (χ3v) is 5.15. The first-order valence-electron chi connectivity index (χ1n) is 6.22. The molecule has 0 heterocycles. The van der Waals surface area contributed by atoms with Crippen molar-refractivity contribution in [2.75, 3.05) is 21.2 Å². The lowest BCUT2D eigenvalue weighted by Crippen LogP contribution is -2.39. The monoisotopic (exact) mass is 348 g/mol. The lowest BCUT2D eigenvalue weighted by molar-refractivity contribution is -0.142. The van der Waals surface area contributed by atoms with E-state index in [9.17, 15) is 18.0 Å². The third-order valence-electron chi connectivity index (χ3n) is 2.85. The first-order chi connectivity index (χ1) is 10.1. The summed E-state index contributed by atoms with van der Waals surface area (Å²) in [5.74, 6) is -1.21. The molecule has 9 heteroatoms. The summed E-state index contributed by atoms with van der Waals surface area (Å²) in [7, 11) is 0.138. The van der Waals surface area contributed by atoms with Crippen molar-refractivity contribution in [1.82, 2.24) is 9.62 Å². The Balaban J connectivity index is 3.14. The third kappa shape index (κ3) is 3.96. The lowest BCUT2D eigenvalue weighted by Gasteiger charge is -2.15.